The first-order valence-electron chi connectivity index (χ1n) is 7.96. The van der Waals surface area contributed by atoms with E-state index in [2.05, 4.69) is 13.8 Å². The Labute approximate surface area is 114 Å². The van der Waals surface area contributed by atoms with Crippen LogP contribution in [0.2, 0.25) is 0 Å². The summed E-state index contributed by atoms with van der Waals surface area (Å²) in [7, 11) is 0. The molecule has 1 aliphatic rings. The van der Waals surface area contributed by atoms with Crippen LogP contribution < -0.4 is 5.73 Å². The molecule has 0 saturated heterocycles. The summed E-state index contributed by atoms with van der Waals surface area (Å²) < 4.78 is 5.79. The molecule has 1 fully saturated rings. The molecule has 1 saturated carbocycles. The lowest BCUT2D eigenvalue weighted by molar-refractivity contribution is 0.0771. The zero-order valence-electron chi connectivity index (χ0n) is 12.5. The third-order valence-electron chi connectivity index (χ3n) is 4.46. The molecule has 0 atom stereocenters. The molecule has 2 nitrogen and oxygen atoms in total. The summed E-state index contributed by atoms with van der Waals surface area (Å²) in [6.45, 7) is 7.17. The standard InChI is InChI=1S/C16H33NO/c1-15(2)8-12-18-13-11-16(14-17)9-6-4-3-5-7-10-16/h15H,3-14,17H2,1-2H3. The molecule has 1 rings (SSSR count). The molecule has 0 amide bonds. The Morgan fingerprint density at radius 1 is 1.00 bits per heavy atom. The number of hydrogen-bond donors (Lipinski definition) is 1. The van der Waals surface area contributed by atoms with Crippen LogP contribution in [-0.2, 0) is 4.74 Å². The van der Waals surface area contributed by atoms with E-state index in [4.69, 9.17) is 10.5 Å². The van der Waals surface area contributed by atoms with Crippen molar-refractivity contribution in [3.63, 3.8) is 0 Å². The van der Waals surface area contributed by atoms with Gasteiger partial charge in [-0.3, -0.25) is 0 Å². The molecule has 0 spiro atoms. The molecule has 0 aromatic rings. The van der Waals surface area contributed by atoms with Crippen LogP contribution in [0.5, 0.6) is 0 Å². The Bertz CT molecular complexity index is 195. The average molecular weight is 255 g/mol. The molecule has 0 bridgehead atoms. The van der Waals surface area contributed by atoms with Gasteiger partial charge in [-0.15, -0.1) is 0 Å². The van der Waals surface area contributed by atoms with Crippen LogP contribution in [0.25, 0.3) is 0 Å². The zero-order valence-corrected chi connectivity index (χ0v) is 12.5. The van der Waals surface area contributed by atoms with Crippen molar-refractivity contribution in [2.45, 2.75) is 71.6 Å². The van der Waals surface area contributed by atoms with E-state index in [-0.39, 0.29) is 0 Å². The van der Waals surface area contributed by atoms with Gasteiger partial charge in [0.25, 0.3) is 0 Å². The smallest absolute Gasteiger partial charge is 0.0471 e. The number of ether oxygens (including phenoxy) is 1. The van der Waals surface area contributed by atoms with Gasteiger partial charge in [0.2, 0.25) is 0 Å². The SMILES string of the molecule is CC(C)CCOCCC1(CN)CCCCCCC1. The monoisotopic (exact) mass is 255 g/mol. The van der Waals surface area contributed by atoms with Crippen LogP contribution in [0.4, 0.5) is 0 Å². The maximum atomic E-state index is 6.07. The molecule has 1 aliphatic carbocycles. The molecule has 0 radical (unpaired) electrons. The molecule has 2 heteroatoms. The predicted molar refractivity (Wildman–Crippen MR) is 78.7 cm³/mol. The lowest BCUT2D eigenvalue weighted by Gasteiger charge is -2.34. The van der Waals surface area contributed by atoms with Crippen molar-refractivity contribution in [2.24, 2.45) is 17.1 Å². The van der Waals surface area contributed by atoms with Crippen molar-refractivity contribution in [1.29, 1.82) is 0 Å². The number of nitrogens with two attached hydrogens (primary N) is 1. The van der Waals surface area contributed by atoms with E-state index in [1.165, 1.54) is 57.8 Å². The topological polar surface area (TPSA) is 35.2 Å². The molecule has 0 aromatic heterocycles. The third-order valence-corrected chi connectivity index (χ3v) is 4.46. The van der Waals surface area contributed by atoms with Gasteiger partial charge in [-0.2, -0.15) is 0 Å². The van der Waals surface area contributed by atoms with Gasteiger partial charge in [0.15, 0.2) is 0 Å². The van der Waals surface area contributed by atoms with Crippen molar-refractivity contribution in [3.8, 4) is 0 Å². The van der Waals surface area contributed by atoms with Gasteiger partial charge in [0.05, 0.1) is 0 Å². The van der Waals surface area contributed by atoms with Gasteiger partial charge in [-0.05, 0) is 43.6 Å². The molecular formula is C16H33NO. The summed E-state index contributed by atoms with van der Waals surface area (Å²) in [5.74, 6) is 0.745. The first kappa shape index (κ1) is 16.0. The Hall–Kier alpha value is -0.0800. The fraction of sp³-hybridized carbons (Fsp3) is 1.00. The minimum Gasteiger partial charge on any atom is -0.381 e. The minimum absolute atomic E-state index is 0.387. The second-order valence-corrected chi connectivity index (χ2v) is 6.52. The van der Waals surface area contributed by atoms with Crippen molar-refractivity contribution >= 4 is 0 Å². The van der Waals surface area contributed by atoms with Crippen LogP contribution in [0.1, 0.15) is 71.6 Å². The van der Waals surface area contributed by atoms with Crippen LogP contribution >= 0.6 is 0 Å². The summed E-state index contributed by atoms with van der Waals surface area (Å²) >= 11 is 0. The van der Waals surface area contributed by atoms with E-state index in [1.54, 1.807) is 0 Å². The summed E-state index contributed by atoms with van der Waals surface area (Å²) in [6.07, 6.45) is 11.9. The molecule has 108 valence electrons. The third kappa shape index (κ3) is 6.19. The van der Waals surface area contributed by atoms with Crippen molar-refractivity contribution in [1.82, 2.24) is 0 Å². The highest BCUT2D eigenvalue weighted by Gasteiger charge is 2.28. The highest BCUT2D eigenvalue weighted by molar-refractivity contribution is 4.81. The van der Waals surface area contributed by atoms with Crippen LogP contribution in [0.3, 0.4) is 0 Å². The number of rotatable bonds is 7. The van der Waals surface area contributed by atoms with E-state index in [1.807, 2.05) is 0 Å². The lowest BCUT2D eigenvalue weighted by atomic mass is 9.74. The maximum Gasteiger partial charge on any atom is 0.0471 e. The molecule has 0 aromatic carbocycles. The van der Waals surface area contributed by atoms with E-state index in [0.29, 0.717) is 5.41 Å². The zero-order chi connectivity index (χ0) is 13.3. The van der Waals surface area contributed by atoms with Crippen molar-refractivity contribution in [2.75, 3.05) is 19.8 Å². The van der Waals surface area contributed by atoms with Crippen LogP contribution in [-0.4, -0.2) is 19.8 Å². The highest BCUT2D eigenvalue weighted by atomic mass is 16.5. The Balaban J connectivity index is 2.24. The van der Waals surface area contributed by atoms with Gasteiger partial charge >= 0.3 is 0 Å². The normalized spacial score (nSPS) is 20.7. The minimum atomic E-state index is 0.387. The molecule has 0 heterocycles. The Morgan fingerprint density at radius 3 is 2.17 bits per heavy atom. The summed E-state index contributed by atoms with van der Waals surface area (Å²) in [4.78, 5) is 0. The molecule has 2 N–H and O–H groups in total. The molecule has 0 unspecified atom stereocenters. The summed E-state index contributed by atoms with van der Waals surface area (Å²) in [5, 5.41) is 0. The van der Waals surface area contributed by atoms with Gasteiger partial charge < -0.3 is 10.5 Å². The predicted octanol–water partition coefficient (Wildman–Crippen LogP) is 4.13. The maximum absolute atomic E-state index is 6.07. The fourth-order valence-corrected chi connectivity index (χ4v) is 2.92. The largest absolute Gasteiger partial charge is 0.381 e. The number of hydrogen-bond acceptors (Lipinski definition) is 2. The quantitative estimate of drug-likeness (QED) is 0.694. The van der Waals surface area contributed by atoms with Gasteiger partial charge in [-0.1, -0.05) is 46.0 Å². The first-order chi connectivity index (χ1) is 8.68. The first-order valence-corrected chi connectivity index (χ1v) is 7.96. The Morgan fingerprint density at radius 2 is 1.61 bits per heavy atom. The van der Waals surface area contributed by atoms with Gasteiger partial charge in [0.1, 0.15) is 0 Å². The summed E-state index contributed by atoms with van der Waals surface area (Å²) in [5.41, 5.74) is 6.45. The second kappa shape index (κ2) is 8.92. The summed E-state index contributed by atoms with van der Waals surface area (Å²) in [6, 6.07) is 0. The molecular weight excluding hydrogens is 222 g/mol. The van der Waals surface area contributed by atoms with Gasteiger partial charge in [-0.25, -0.2) is 0 Å². The molecule has 18 heavy (non-hydrogen) atoms. The average Bonchev–Trinajstić information content (AvgIpc) is 2.31. The Kier molecular flexibility index (Phi) is 7.92. The van der Waals surface area contributed by atoms with E-state index < -0.39 is 0 Å². The van der Waals surface area contributed by atoms with E-state index in [9.17, 15) is 0 Å². The van der Waals surface area contributed by atoms with Crippen LogP contribution in [0.15, 0.2) is 0 Å². The van der Waals surface area contributed by atoms with E-state index in [0.717, 1.165) is 25.7 Å². The highest BCUT2D eigenvalue weighted by Crippen LogP contribution is 2.36. The van der Waals surface area contributed by atoms with Crippen LogP contribution in [0, 0.1) is 11.3 Å². The lowest BCUT2D eigenvalue weighted by Crippen LogP contribution is -2.32. The van der Waals surface area contributed by atoms with Gasteiger partial charge in [0, 0.05) is 13.2 Å². The van der Waals surface area contributed by atoms with Crippen molar-refractivity contribution < 1.29 is 4.74 Å². The second-order valence-electron chi connectivity index (χ2n) is 6.52. The fourth-order valence-electron chi connectivity index (χ4n) is 2.92. The van der Waals surface area contributed by atoms with Crippen molar-refractivity contribution in [3.05, 3.63) is 0 Å². The molecule has 0 aliphatic heterocycles. The van der Waals surface area contributed by atoms with E-state index >= 15 is 0 Å².